The molecule has 0 aromatic rings. The molecule has 0 aromatic carbocycles. The van der Waals surface area contributed by atoms with Gasteiger partial charge < -0.3 is 10.2 Å². The summed E-state index contributed by atoms with van der Waals surface area (Å²) in [5.41, 5.74) is 0.301. The fraction of sp³-hybridized carbons (Fsp3) is 0.923. The fourth-order valence-corrected chi connectivity index (χ4v) is 2.97. The summed E-state index contributed by atoms with van der Waals surface area (Å²) in [6, 6.07) is 0.0777. The molecule has 2 aliphatic heterocycles. The highest BCUT2D eigenvalue weighted by Gasteiger charge is 2.36. The van der Waals surface area contributed by atoms with Gasteiger partial charge in [0.1, 0.15) is 0 Å². The average Bonchev–Trinajstić information content (AvgIpc) is 2.62. The van der Waals surface area contributed by atoms with Gasteiger partial charge in [0.05, 0.1) is 6.04 Å². The second-order valence-corrected chi connectivity index (χ2v) is 6.23. The molecule has 2 aliphatic rings. The summed E-state index contributed by atoms with van der Waals surface area (Å²) in [5, 5.41) is 3.34. The van der Waals surface area contributed by atoms with Crippen LogP contribution < -0.4 is 5.32 Å². The number of piperidine rings is 1. The monoisotopic (exact) mass is 224 g/mol. The van der Waals surface area contributed by atoms with Gasteiger partial charge in [0, 0.05) is 13.1 Å². The molecule has 0 aliphatic carbocycles. The summed E-state index contributed by atoms with van der Waals surface area (Å²) in [6.45, 7) is 9.58. The van der Waals surface area contributed by atoms with Gasteiger partial charge in [-0.1, -0.05) is 20.8 Å². The summed E-state index contributed by atoms with van der Waals surface area (Å²) in [4.78, 5) is 14.4. The molecule has 2 atom stereocenters. The van der Waals surface area contributed by atoms with Crippen molar-refractivity contribution in [3.8, 4) is 0 Å². The lowest BCUT2D eigenvalue weighted by Gasteiger charge is -2.39. The lowest BCUT2D eigenvalue weighted by molar-refractivity contribution is -0.137. The van der Waals surface area contributed by atoms with Crippen LogP contribution in [0.1, 0.15) is 40.0 Å². The third kappa shape index (κ3) is 2.40. The number of carbonyl (C=O) groups is 1. The molecule has 2 rings (SSSR count). The zero-order valence-electron chi connectivity index (χ0n) is 10.8. The Morgan fingerprint density at radius 1 is 1.44 bits per heavy atom. The first-order valence-corrected chi connectivity index (χ1v) is 6.52. The van der Waals surface area contributed by atoms with Crippen molar-refractivity contribution >= 4 is 5.91 Å². The number of likely N-dealkylation sites (tertiary alicyclic amines) is 1. The molecule has 0 saturated carbocycles. The van der Waals surface area contributed by atoms with E-state index in [0.717, 1.165) is 32.5 Å². The van der Waals surface area contributed by atoms with Crippen LogP contribution in [0.5, 0.6) is 0 Å². The number of amides is 1. The molecule has 16 heavy (non-hydrogen) atoms. The van der Waals surface area contributed by atoms with Crippen molar-refractivity contribution in [1.82, 2.24) is 10.2 Å². The molecule has 2 saturated heterocycles. The Labute approximate surface area is 98.6 Å². The van der Waals surface area contributed by atoms with Crippen molar-refractivity contribution in [3.05, 3.63) is 0 Å². The smallest absolute Gasteiger partial charge is 0.240 e. The number of nitrogens with zero attached hydrogens (tertiary/aromatic N) is 1. The second kappa shape index (κ2) is 4.36. The first kappa shape index (κ1) is 11.9. The van der Waals surface area contributed by atoms with E-state index < -0.39 is 0 Å². The molecule has 2 fully saturated rings. The average molecular weight is 224 g/mol. The van der Waals surface area contributed by atoms with Crippen LogP contribution in [0.15, 0.2) is 0 Å². The number of hydrogen-bond donors (Lipinski definition) is 1. The predicted molar refractivity (Wildman–Crippen MR) is 65.2 cm³/mol. The molecule has 2 heterocycles. The molecule has 1 N–H and O–H groups in total. The molecule has 0 bridgehead atoms. The van der Waals surface area contributed by atoms with E-state index in [1.165, 1.54) is 6.42 Å². The minimum absolute atomic E-state index is 0.0777. The summed E-state index contributed by atoms with van der Waals surface area (Å²) < 4.78 is 0. The Balaban J connectivity index is 1.99. The maximum atomic E-state index is 12.4. The molecule has 92 valence electrons. The Bertz CT molecular complexity index is 275. The third-order valence-corrected chi connectivity index (χ3v) is 4.01. The van der Waals surface area contributed by atoms with Crippen LogP contribution in [0, 0.1) is 11.3 Å². The van der Waals surface area contributed by atoms with Crippen LogP contribution >= 0.6 is 0 Å². The van der Waals surface area contributed by atoms with Gasteiger partial charge in [-0.05, 0) is 37.1 Å². The van der Waals surface area contributed by atoms with Gasteiger partial charge in [-0.3, -0.25) is 4.79 Å². The van der Waals surface area contributed by atoms with E-state index in [9.17, 15) is 4.79 Å². The molecule has 0 aromatic heterocycles. The topological polar surface area (TPSA) is 32.3 Å². The van der Waals surface area contributed by atoms with E-state index in [0.29, 0.717) is 17.2 Å². The van der Waals surface area contributed by atoms with Crippen LogP contribution in [0.4, 0.5) is 0 Å². The number of carbonyl (C=O) groups excluding carboxylic acids is 1. The van der Waals surface area contributed by atoms with Crippen molar-refractivity contribution in [1.29, 1.82) is 0 Å². The van der Waals surface area contributed by atoms with E-state index in [1.54, 1.807) is 0 Å². The highest BCUT2D eigenvalue weighted by molar-refractivity contribution is 5.82. The molecule has 0 radical (unpaired) electrons. The molecule has 3 nitrogen and oxygen atoms in total. The predicted octanol–water partition coefficient (Wildman–Crippen LogP) is 1.63. The second-order valence-electron chi connectivity index (χ2n) is 6.23. The summed E-state index contributed by atoms with van der Waals surface area (Å²) in [7, 11) is 0. The highest BCUT2D eigenvalue weighted by atomic mass is 16.2. The Morgan fingerprint density at radius 3 is 2.75 bits per heavy atom. The normalized spacial score (nSPS) is 34.1. The van der Waals surface area contributed by atoms with Crippen LogP contribution in [-0.2, 0) is 4.79 Å². The van der Waals surface area contributed by atoms with Crippen LogP contribution in [-0.4, -0.2) is 36.5 Å². The van der Waals surface area contributed by atoms with E-state index in [4.69, 9.17) is 0 Å². The summed E-state index contributed by atoms with van der Waals surface area (Å²) >= 11 is 0. The first-order valence-electron chi connectivity index (χ1n) is 6.52. The molecule has 2 unspecified atom stereocenters. The van der Waals surface area contributed by atoms with Gasteiger partial charge in [-0.15, -0.1) is 0 Å². The van der Waals surface area contributed by atoms with Gasteiger partial charge in [-0.25, -0.2) is 0 Å². The first-order chi connectivity index (χ1) is 7.49. The Morgan fingerprint density at radius 2 is 2.19 bits per heavy atom. The van der Waals surface area contributed by atoms with Crippen molar-refractivity contribution < 1.29 is 4.79 Å². The molecule has 0 spiro atoms. The number of nitrogens with one attached hydrogen (secondary N) is 1. The third-order valence-electron chi connectivity index (χ3n) is 4.01. The molecular formula is C13H24N2O. The Hall–Kier alpha value is -0.570. The zero-order chi connectivity index (χ0) is 11.8. The molecule has 3 heteroatoms. The highest BCUT2D eigenvalue weighted by Crippen LogP contribution is 2.29. The van der Waals surface area contributed by atoms with Crippen molar-refractivity contribution in [2.75, 3.05) is 19.6 Å². The minimum atomic E-state index is 0.0777. The SMILES string of the molecule is CC1CCNC1C(=O)N1CCCC(C)(C)C1. The fourth-order valence-electron chi connectivity index (χ4n) is 2.97. The zero-order valence-corrected chi connectivity index (χ0v) is 10.8. The van der Waals surface area contributed by atoms with Crippen LogP contribution in [0.25, 0.3) is 0 Å². The van der Waals surface area contributed by atoms with Gasteiger partial charge in [-0.2, -0.15) is 0 Å². The van der Waals surface area contributed by atoms with E-state index in [2.05, 4.69) is 31.0 Å². The largest absolute Gasteiger partial charge is 0.341 e. The van der Waals surface area contributed by atoms with E-state index in [-0.39, 0.29) is 6.04 Å². The molecule has 1 amide bonds. The van der Waals surface area contributed by atoms with Crippen molar-refractivity contribution in [3.63, 3.8) is 0 Å². The van der Waals surface area contributed by atoms with Gasteiger partial charge in [0.15, 0.2) is 0 Å². The lowest BCUT2D eigenvalue weighted by atomic mass is 9.83. The maximum absolute atomic E-state index is 12.4. The van der Waals surface area contributed by atoms with Crippen LogP contribution in [0.2, 0.25) is 0 Å². The van der Waals surface area contributed by atoms with Gasteiger partial charge in [0.25, 0.3) is 0 Å². The summed E-state index contributed by atoms with van der Waals surface area (Å²) in [6.07, 6.45) is 3.53. The molecular weight excluding hydrogens is 200 g/mol. The standard InChI is InChI=1S/C13H24N2O/c1-10-5-7-14-11(10)12(16)15-8-4-6-13(2,3)9-15/h10-11,14H,4-9H2,1-3H3. The van der Waals surface area contributed by atoms with E-state index >= 15 is 0 Å². The lowest BCUT2D eigenvalue weighted by Crippen LogP contribution is -2.51. The van der Waals surface area contributed by atoms with Crippen molar-refractivity contribution in [2.24, 2.45) is 11.3 Å². The summed E-state index contributed by atoms with van der Waals surface area (Å²) in [5.74, 6) is 0.829. The Kier molecular flexibility index (Phi) is 3.24. The quantitative estimate of drug-likeness (QED) is 0.734. The maximum Gasteiger partial charge on any atom is 0.240 e. The van der Waals surface area contributed by atoms with Crippen molar-refractivity contribution in [2.45, 2.75) is 46.1 Å². The van der Waals surface area contributed by atoms with Crippen LogP contribution in [0.3, 0.4) is 0 Å². The number of rotatable bonds is 1. The van der Waals surface area contributed by atoms with Gasteiger partial charge >= 0.3 is 0 Å². The van der Waals surface area contributed by atoms with E-state index in [1.807, 2.05) is 0 Å². The number of hydrogen-bond acceptors (Lipinski definition) is 2. The van der Waals surface area contributed by atoms with Gasteiger partial charge in [0.2, 0.25) is 5.91 Å². The minimum Gasteiger partial charge on any atom is -0.341 e.